The van der Waals surface area contributed by atoms with Crippen LogP contribution in [0.2, 0.25) is 0 Å². The van der Waals surface area contributed by atoms with Gasteiger partial charge in [0.15, 0.2) is 0 Å². The molecule has 0 unspecified atom stereocenters. The maximum absolute atomic E-state index is 13.1. The summed E-state index contributed by atoms with van der Waals surface area (Å²) in [6.07, 6.45) is 3.47. The van der Waals surface area contributed by atoms with Gasteiger partial charge in [0.1, 0.15) is 11.9 Å². The molecule has 2 aromatic rings. The largest absolute Gasteiger partial charge is 0.340 e. The number of nitrogens with zero attached hydrogens (tertiary/aromatic N) is 1. The zero-order valence-corrected chi connectivity index (χ0v) is 18.9. The van der Waals surface area contributed by atoms with Crippen LogP contribution in [-0.4, -0.2) is 61.5 Å². The highest BCUT2D eigenvalue weighted by atomic mass is 19.1. The molecule has 33 heavy (non-hydrogen) atoms. The first-order valence-electron chi connectivity index (χ1n) is 12.0. The molecule has 1 saturated heterocycles. The highest BCUT2D eigenvalue weighted by Gasteiger charge is 2.37. The third-order valence-corrected chi connectivity index (χ3v) is 6.48. The summed E-state index contributed by atoms with van der Waals surface area (Å²) in [6, 6.07) is 15.7. The van der Waals surface area contributed by atoms with Gasteiger partial charge in [-0.1, -0.05) is 30.3 Å². The summed E-state index contributed by atoms with van der Waals surface area (Å²) in [5.74, 6) is 0.0561. The van der Waals surface area contributed by atoms with Crippen molar-refractivity contribution < 1.29 is 14.0 Å². The lowest BCUT2D eigenvalue weighted by molar-refractivity contribution is -0.134. The summed E-state index contributed by atoms with van der Waals surface area (Å²) >= 11 is 0. The summed E-state index contributed by atoms with van der Waals surface area (Å²) in [7, 11) is 0. The molecular formula is C26H33FN4O2. The van der Waals surface area contributed by atoms with E-state index in [1.165, 1.54) is 17.7 Å². The Balaban J connectivity index is 1.24. The van der Waals surface area contributed by atoms with Crippen molar-refractivity contribution in [3.8, 4) is 0 Å². The van der Waals surface area contributed by atoms with E-state index in [9.17, 15) is 14.0 Å². The fourth-order valence-electron chi connectivity index (χ4n) is 4.45. The van der Waals surface area contributed by atoms with Gasteiger partial charge in [-0.25, -0.2) is 4.39 Å². The molecule has 1 heterocycles. The third kappa shape index (κ3) is 6.62. The highest BCUT2D eigenvalue weighted by Crippen LogP contribution is 2.40. The number of benzene rings is 2. The first-order valence-corrected chi connectivity index (χ1v) is 12.0. The molecule has 0 spiro atoms. The lowest BCUT2D eigenvalue weighted by Gasteiger charge is -2.31. The van der Waals surface area contributed by atoms with Gasteiger partial charge in [0.05, 0.1) is 0 Å². The van der Waals surface area contributed by atoms with Gasteiger partial charge in [0, 0.05) is 43.7 Å². The molecule has 3 N–H and O–H groups in total. The van der Waals surface area contributed by atoms with Gasteiger partial charge in [-0.15, -0.1) is 0 Å². The van der Waals surface area contributed by atoms with Crippen LogP contribution < -0.4 is 16.0 Å². The molecule has 6 nitrogen and oxygen atoms in total. The summed E-state index contributed by atoms with van der Waals surface area (Å²) in [5, 5.41) is 9.80. The second-order valence-electron chi connectivity index (χ2n) is 8.92. The predicted molar refractivity (Wildman–Crippen MR) is 127 cm³/mol. The number of hydrogen-bond acceptors (Lipinski definition) is 4. The van der Waals surface area contributed by atoms with Crippen LogP contribution >= 0.6 is 0 Å². The first kappa shape index (κ1) is 23.4. The molecule has 0 radical (unpaired) electrons. The number of rotatable bonds is 10. The lowest BCUT2D eigenvalue weighted by atomic mass is 10.1. The molecule has 7 heteroatoms. The second-order valence-corrected chi connectivity index (χ2v) is 8.92. The van der Waals surface area contributed by atoms with E-state index in [0.29, 0.717) is 37.0 Å². The molecular weight excluding hydrogens is 419 g/mol. The summed E-state index contributed by atoms with van der Waals surface area (Å²) in [6.45, 7) is 3.77. The minimum absolute atomic E-state index is 0.00677. The topological polar surface area (TPSA) is 73.5 Å². The Kier molecular flexibility index (Phi) is 8.07. The van der Waals surface area contributed by atoms with E-state index in [1.54, 1.807) is 12.1 Å². The molecule has 2 amide bonds. The number of unbranched alkanes of at least 4 members (excludes halogenated alkanes) is 1. The van der Waals surface area contributed by atoms with E-state index < -0.39 is 6.04 Å². The summed E-state index contributed by atoms with van der Waals surface area (Å²) in [5.41, 5.74) is 1.75. The Morgan fingerprint density at radius 3 is 2.48 bits per heavy atom. The Hall–Kier alpha value is -2.77. The van der Waals surface area contributed by atoms with Gasteiger partial charge in [-0.05, 0) is 62.1 Å². The fourth-order valence-corrected chi connectivity index (χ4v) is 4.45. The number of carbonyl (C=O) groups is 2. The van der Waals surface area contributed by atoms with Gasteiger partial charge < -0.3 is 20.9 Å². The van der Waals surface area contributed by atoms with Gasteiger partial charge in [0.2, 0.25) is 5.91 Å². The smallest absolute Gasteiger partial charge is 0.251 e. The normalized spacial score (nSPS) is 20.8. The Labute approximate surface area is 194 Å². The fraction of sp³-hybridized carbons (Fsp3) is 0.462. The zero-order chi connectivity index (χ0) is 23.0. The van der Waals surface area contributed by atoms with Crippen molar-refractivity contribution in [1.82, 2.24) is 20.9 Å². The van der Waals surface area contributed by atoms with E-state index in [2.05, 4.69) is 16.0 Å². The van der Waals surface area contributed by atoms with Crippen LogP contribution in [-0.2, 0) is 4.79 Å². The number of hydrogen-bond donors (Lipinski definition) is 3. The maximum Gasteiger partial charge on any atom is 0.251 e. The monoisotopic (exact) mass is 452 g/mol. The molecule has 2 fully saturated rings. The van der Waals surface area contributed by atoms with Crippen LogP contribution in [0.5, 0.6) is 0 Å². The Bertz CT molecular complexity index is 916. The molecule has 2 aliphatic rings. The molecule has 176 valence electrons. The molecule has 1 saturated carbocycles. The van der Waals surface area contributed by atoms with Crippen molar-refractivity contribution >= 4 is 11.8 Å². The number of halogens is 1. The minimum atomic E-state index is -0.510. The van der Waals surface area contributed by atoms with Crippen LogP contribution in [0, 0.1) is 5.82 Å². The SMILES string of the molecule is O=C(N[C@@H](CCCCN[C@@H]1C[C@H]1c1ccc(F)cc1)C(=O)N1CCNCC1)c1ccccc1. The first-order chi connectivity index (χ1) is 16.1. The number of nitrogens with one attached hydrogen (secondary N) is 3. The van der Waals surface area contributed by atoms with E-state index in [1.807, 2.05) is 35.2 Å². The Morgan fingerprint density at radius 2 is 1.76 bits per heavy atom. The standard InChI is InChI=1S/C26H33FN4O2/c27-21-11-9-19(10-12-21)22-18-24(22)29-13-5-4-8-23(26(33)31-16-14-28-15-17-31)30-25(32)20-6-2-1-3-7-20/h1-3,6-7,9-12,22-24,28-29H,4-5,8,13-18H2,(H,30,32)/t22-,23-,24+/m0/s1. The van der Waals surface area contributed by atoms with Gasteiger partial charge in [0.25, 0.3) is 5.91 Å². The molecule has 0 bridgehead atoms. The molecule has 2 aromatic carbocycles. The van der Waals surface area contributed by atoms with Gasteiger partial charge in [-0.2, -0.15) is 0 Å². The van der Waals surface area contributed by atoms with Crippen molar-refractivity contribution in [2.45, 2.75) is 43.7 Å². The quantitative estimate of drug-likeness (QED) is 0.485. The van der Waals surface area contributed by atoms with Crippen LogP contribution in [0.25, 0.3) is 0 Å². The maximum atomic E-state index is 13.1. The number of carbonyl (C=O) groups excluding carboxylic acids is 2. The van der Waals surface area contributed by atoms with Gasteiger partial charge >= 0.3 is 0 Å². The highest BCUT2D eigenvalue weighted by molar-refractivity contribution is 5.97. The van der Waals surface area contributed by atoms with Crippen molar-refractivity contribution in [3.63, 3.8) is 0 Å². The summed E-state index contributed by atoms with van der Waals surface area (Å²) < 4.78 is 13.1. The molecule has 3 atom stereocenters. The van der Waals surface area contributed by atoms with Crippen molar-refractivity contribution in [2.75, 3.05) is 32.7 Å². The molecule has 1 aliphatic carbocycles. The van der Waals surface area contributed by atoms with E-state index >= 15 is 0 Å². The number of amides is 2. The van der Waals surface area contributed by atoms with Gasteiger partial charge in [-0.3, -0.25) is 9.59 Å². The minimum Gasteiger partial charge on any atom is -0.340 e. The van der Waals surface area contributed by atoms with Crippen LogP contribution in [0.3, 0.4) is 0 Å². The average molecular weight is 453 g/mol. The second kappa shape index (κ2) is 11.4. The molecule has 4 rings (SSSR count). The molecule has 1 aliphatic heterocycles. The number of piperazine rings is 1. The van der Waals surface area contributed by atoms with Crippen LogP contribution in [0.1, 0.15) is 47.5 Å². The predicted octanol–water partition coefficient (Wildman–Crippen LogP) is 2.67. The Morgan fingerprint density at radius 1 is 1.03 bits per heavy atom. The van der Waals surface area contributed by atoms with E-state index in [0.717, 1.165) is 38.9 Å². The summed E-state index contributed by atoms with van der Waals surface area (Å²) in [4.78, 5) is 27.7. The lowest BCUT2D eigenvalue weighted by Crippen LogP contribution is -2.54. The van der Waals surface area contributed by atoms with E-state index in [-0.39, 0.29) is 17.6 Å². The van der Waals surface area contributed by atoms with Crippen molar-refractivity contribution in [1.29, 1.82) is 0 Å². The van der Waals surface area contributed by atoms with Crippen LogP contribution in [0.4, 0.5) is 4.39 Å². The average Bonchev–Trinajstić information content (AvgIpc) is 3.63. The van der Waals surface area contributed by atoms with Crippen molar-refractivity contribution in [2.24, 2.45) is 0 Å². The van der Waals surface area contributed by atoms with Crippen molar-refractivity contribution in [3.05, 3.63) is 71.5 Å². The van der Waals surface area contributed by atoms with Crippen LogP contribution in [0.15, 0.2) is 54.6 Å². The zero-order valence-electron chi connectivity index (χ0n) is 18.9. The molecule has 0 aromatic heterocycles. The van der Waals surface area contributed by atoms with E-state index in [4.69, 9.17) is 0 Å². The third-order valence-electron chi connectivity index (χ3n) is 6.48.